The van der Waals surface area contributed by atoms with Crippen LogP contribution < -0.4 is 10.6 Å². The lowest BCUT2D eigenvalue weighted by atomic mass is 9.76. The number of carbonyl (C=O) groups is 3. The molecule has 1 aliphatic rings. The first-order valence-electron chi connectivity index (χ1n) is 12.1. The smallest absolute Gasteiger partial charge is 0.426 e. The highest BCUT2D eigenvalue weighted by Gasteiger charge is 2.30. The standard InChI is InChI=1S/C24H32BN5O6/c31-22(30-13-15-36-16-14-30)10-9-19(28-24(33)20-17-26-11-12-27-20)23(32)29-21(25(34)35)8-4-7-18-5-2-1-3-6-18/h1-3,5-6,11-12,17,19,21,34-35H,4,7-10,13-16H2,(H,28,33)(H,29,32)/t19-,21+/m1/s1. The summed E-state index contributed by atoms with van der Waals surface area (Å²) in [5.74, 6) is -2.31. The van der Waals surface area contributed by atoms with Crippen molar-refractivity contribution in [2.24, 2.45) is 0 Å². The van der Waals surface area contributed by atoms with Crippen molar-refractivity contribution in [3.05, 3.63) is 60.2 Å². The lowest BCUT2D eigenvalue weighted by molar-refractivity contribution is -0.135. The van der Waals surface area contributed by atoms with Crippen LogP contribution in [-0.2, 0) is 20.7 Å². The van der Waals surface area contributed by atoms with Crippen LogP contribution in [-0.4, -0.2) is 88.0 Å². The van der Waals surface area contributed by atoms with Crippen LogP contribution in [0.3, 0.4) is 0 Å². The summed E-state index contributed by atoms with van der Waals surface area (Å²) in [6, 6.07) is 8.65. The molecule has 11 nitrogen and oxygen atoms in total. The van der Waals surface area contributed by atoms with Gasteiger partial charge in [0.05, 0.1) is 25.4 Å². The van der Waals surface area contributed by atoms with E-state index in [1.54, 1.807) is 4.90 Å². The Labute approximate surface area is 210 Å². The number of aryl methyl sites for hydroxylation is 1. The van der Waals surface area contributed by atoms with Crippen molar-refractivity contribution < 1.29 is 29.2 Å². The molecular weight excluding hydrogens is 465 g/mol. The Morgan fingerprint density at radius 1 is 1.06 bits per heavy atom. The molecular formula is C24H32BN5O6. The summed E-state index contributed by atoms with van der Waals surface area (Å²) >= 11 is 0. The lowest BCUT2D eigenvalue weighted by Gasteiger charge is -2.28. The molecule has 1 fully saturated rings. The van der Waals surface area contributed by atoms with Gasteiger partial charge < -0.3 is 30.3 Å². The molecule has 3 amide bonds. The zero-order chi connectivity index (χ0) is 25.8. The summed E-state index contributed by atoms with van der Waals surface area (Å²) in [7, 11) is -1.78. The van der Waals surface area contributed by atoms with Crippen LogP contribution in [0.2, 0.25) is 0 Å². The molecule has 2 atom stereocenters. The third kappa shape index (κ3) is 8.70. The molecule has 0 radical (unpaired) electrons. The second kappa shape index (κ2) is 14.3. The minimum absolute atomic E-state index is 0.0245. The number of hydrogen-bond acceptors (Lipinski definition) is 8. The molecule has 1 aliphatic heterocycles. The van der Waals surface area contributed by atoms with Crippen molar-refractivity contribution in [1.29, 1.82) is 0 Å². The van der Waals surface area contributed by atoms with Gasteiger partial charge >= 0.3 is 7.12 Å². The number of nitrogens with zero attached hydrogens (tertiary/aromatic N) is 3. The Morgan fingerprint density at radius 3 is 2.47 bits per heavy atom. The molecule has 12 heteroatoms. The Bertz CT molecular complexity index is 975. The Kier molecular flexibility index (Phi) is 10.8. The molecule has 0 saturated carbocycles. The van der Waals surface area contributed by atoms with E-state index >= 15 is 0 Å². The summed E-state index contributed by atoms with van der Waals surface area (Å²) in [6.45, 7) is 1.86. The maximum Gasteiger partial charge on any atom is 0.475 e. The topological polar surface area (TPSA) is 154 Å². The van der Waals surface area contributed by atoms with Crippen molar-refractivity contribution in [2.45, 2.75) is 44.1 Å². The first-order chi connectivity index (χ1) is 17.4. The Hall–Kier alpha value is -3.35. The van der Waals surface area contributed by atoms with Crippen LogP contribution in [0, 0.1) is 0 Å². The van der Waals surface area contributed by atoms with Gasteiger partial charge in [-0.15, -0.1) is 0 Å². The fourth-order valence-corrected chi connectivity index (χ4v) is 3.91. The number of carbonyl (C=O) groups excluding carboxylic acids is 3. The summed E-state index contributed by atoms with van der Waals surface area (Å²) in [4.78, 5) is 47.8. The minimum Gasteiger partial charge on any atom is -0.426 e. The molecule has 2 heterocycles. The number of ether oxygens (including phenoxy) is 1. The highest BCUT2D eigenvalue weighted by molar-refractivity contribution is 6.43. The Balaban J connectivity index is 1.62. The predicted molar refractivity (Wildman–Crippen MR) is 131 cm³/mol. The van der Waals surface area contributed by atoms with Gasteiger partial charge in [0.15, 0.2) is 0 Å². The second-order valence-electron chi connectivity index (χ2n) is 8.56. The summed E-state index contributed by atoms with van der Waals surface area (Å²) in [6.07, 6.45) is 5.75. The lowest BCUT2D eigenvalue weighted by Crippen LogP contribution is -2.54. The van der Waals surface area contributed by atoms with Gasteiger partial charge in [0.1, 0.15) is 11.7 Å². The summed E-state index contributed by atoms with van der Waals surface area (Å²) in [5, 5.41) is 24.9. The van der Waals surface area contributed by atoms with Gasteiger partial charge in [-0.05, 0) is 31.2 Å². The van der Waals surface area contributed by atoms with Crippen molar-refractivity contribution in [2.75, 3.05) is 26.3 Å². The maximum absolute atomic E-state index is 13.1. The average molecular weight is 497 g/mol. The summed E-state index contributed by atoms with van der Waals surface area (Å²) in [5.41, 5.74) is 1.13. The van der Waals surface area contributed by atoms with E-state index in [4.69, 9.17) is 4.74 Å². The van der Waals surface area contributed by atoms with E-state index in [2.05, 4.69) is 20.6 Å². The highest BCUT2D eigenvalue weighted by Crippen LogP contribution is 2.10. The van der Waals surface area contributed by atoms with Crippen LogP contribution in [0.5, 0.6) is 0 Å². The van der Waals surface area contributed by atoms with Crippen LogP contribution >= 0.6 is 0 Å². The molecule has 0 unspecified atom stereocenters. The molecule has 2 aromatic rings. The molecule has 0 aliphatic carbocycles. The molecule has 192 valence electrons. The minimum atomic E-state index is -1.78. The largest absolute Gasteiger partial charge is 0.475 e. The molecule has 3 rings (SSSR count). The average Bonchev–Trinajstić information content (AvgIpc) is 2.91. The fourth-order valence-electron chi connectivity index (χ4n) is 3.91. The number of rotatable bonds is 12. The van der Waals surface area contributed by atoms with Gasteiger partial charge in [0, 0.05) is 31.9 Å². The zero-order valence-electron chi connectivity index (χ0n) is 20.1. The number of morpholine rings is 1. The van der Waals surface area contributed by atoms with Crippen molar-refractivity contribution in [1.82, 2.24) is 25.5 Å². The van der Waals surface area contributed by atoms with Crippen LogP contribution in [0.15, 0.2) is 48.9 Å². The molecule has 36 heavy (non-hydrogen) atoms. The quantitative estimate of drug-likeness (QED) is 0.293. The van der Waals surface area contributed by atoms with Gasteiger partial charge in [0.25, 0.3) is 5.91 Å². The Morgan fingerprint density at radius 2 is 1.81 bits per heavy atom. The van der Waals surface area contributed by atoms with E-state index in [0.29, 0.717) is 45.6 Å². The third-order valence-electron chi connectivity index (χ3n) is 5.94. The predicted octanol–water partition coefficient (Wildman–Crippen LogP) is -0.266. The summed E-state index contributed by atoms with van der Waals surface area (Å²) < 4.78 is 5.27. The number of benzene rings is 1. The van der Waals surface area contributed by atoms with E-state index < -0.39 is 30.9 Å². The van der Waals surface area contributed by atoms with E-state index in [0.717, 1.165) is 5.56 Å². The normalized spacial score (nSPS) is 15.0. The van der Waals surface area contributed by atoms with E-state index in [9.17, 15) is 24.4 Å². The molecule has 4 N–H and O–H groups in total. The van der Waals surface area contributed by atoms with Crippen LogP contribution in [0.1, 0.15) is 41.7 Å². The number of amides is 3. The SMILES string of the molecule is O=C(N[C@H](CCC(=O)N1CCOCC1)C(=O)N[C@@H](CCCc1ccccc1)B(O)O)c1cnccn1. The van der Waals surface area contributed by atoms with Gasteiger partial charge in [-0.2, -0.15) is 0 Å². The van der Waals surface area contributed by atoms with E-state index in [1.807, 2.05) is 30.3 Å². The van der Waals surface area contributed by atoms with E-state index in [-0.39, 0.29) is 24.4 Å². The molecule has 1 aromatic carbocycles. The van der Waals surface area contributed by atoms with Crippen molar-refractivity contribution in [3.8, 4) is 0 Å². The van der Waals surface area contributed by atoms with Gasteiger partial charge in [-0.3, -0.25) is 19.4 Å². The number of nitrogens with one attached hydrogen (secondary N) is 2. The molecule has 0 spiro atoms. The van der Waals surface area contributed by atoms with Crippen LogP contribution in [0.25, 0.3) is 0 Å². The zero-order valence-corrected chi connectivity index (χ0v) is 20.1. The number of hydrogen-bond donors (Lipinski definition) is 4. The fraction of sp³-hybridized carbons (Fsp3) is 0.458. The van der Waals surface area contributed by atoms with Gasteiger partial charge in [-0.1, -0.05) is 30.3 Å². The maximum atomic E-state index is 13.1. The highest BCUT2D eigenvalue weighted by atomic mass is 16.5. The molecule has 1 saturated heterocycles. The first-order valence-corrected chi connectivity index (χ1v) is 12.1. The van der Waals surface area contributed by atoms with Crippen molar-refractivity contribution in [3.63, 3.8) is 0 Å². The van der Waals surface area contributed by atoms with Crippen LogP contribution in [0.4, 0.5) is 0 Å². The first kappa shape index (κ1) is 27.2. The molecule has 1 aromatic heterocycles. The molecule has 0 bridgehead atoms. The third-order valence-corrected chi connectivity index (χ3v) is 5.94. The monoisotopic (exact) mass is 497 g/mol. The van der Waals surface area contributed by atoms with E-state index in [1.165, 1.54) is 18.6 Å². The van der Waals surface area contributed by atoms with Gasteiger partial charge in [-0.25, -0.2) is 4.98 Å². The number of aromatic nitrogens is 2. The van der Waals surface area contributed by atoms with Crippen molar-refractivity contribution >= 4 is 24.8 Å². The van der Waals surface area contributed by atoms with Gasteiger partial charge in [0.2, 0.25) is 11.8 Å². The second-order valence-corrected chi connectivity index (χ2v) is 8.56.